The van der Waals surface area contributed by atoms with Crippen molar-refractivity contribution in [3.8, 4) is 0 Å². The van der Waals surface area contributed by atoms with Crippen molar-refractivity contribution in [3.05, 3.63) is 28.6 Å². The molecule has 0 bridgehead atoms. The summed E-state index contributed by atoms with van der Waals surface area (Å²) in [7, 11) is 0. The maximum absolute atomic E-state index is 12.4. The van der Waals surface area contributed by atoms with Gasteiger partial charge in [-0.05, 0) is 12.5 Å². The number of rotatable bonds is 3. The highest BCUT2D eigenvalue weighted by atomic mass is 35.5. The fourth-order valence-electron chi connectivity index (χ4n) is 1.19. The lowest BCUT2D eigenvalue weighted by molar-refractivity contribution is 0.0687. The fraction of sp³-hybridized carbons (Fsp3) is 0.333. The Morgan fingerprint density at radius 3 is 2.67 bits per heavy atom. The van der Waals surface area contributed by atoms with E-state index in [2.05, 4.69) is 4.98 Å². The van der Waals surface area contributed by atoms with E-state index in [1.54, 1.807) is 0 Å². The average Bonchev–Trinajstić information content (AvgIpc) is 2.16. The zero-order valence-electron chi connectivity index (χ0n) is 7.80. The van der Waals surface area contributed by atoms with Crippen LogP contribution in [0, 0.1) is 6.92 Å². The Morgan fingerprint density at radius 2 is 2.27 bits per heavy atom. The van der Waals surface area contributed by atoms with Crippen molar-refractivity contribution in [1.29, 1.82) is 0 Å². The second-order valence-electron chi connectivity index (χ2n) is 2.94. The first-order valence-electron chi connectivity index (χ1n) is 4.05. The summed E-state index contributed by atoms with van der Waals surface area (Å²) < 4.78 is 24.8. The number of nitrogens with zero attached hydrogens (tertiary/aromatic N) is 1. The van der Waals surface area contributed by atoms with Crippen LogP contribution >= 0.6 is 11.6 Å². The number of aryl methyl sites for hydroxylation is 1. The van der Waals surface area contributed by atoms with Gasteiger partial charge < -0.3 is 5.11 Å². The van der Waals surface area contributed by atoms with Gasteiger partial charge in [-0.1, -0.05) is 6.07 Å². The molecule has 0 atom stereocenters. The molecule has 0 aliphatic carbocycles. The van der Waals surface area contributed by atoms with Crippen LogP contribution in [0.1, 0.15) is 33.7 Å². The highest BCUT2D eigenvalue weighted by Gasteiger charge is 2.19. The zero-order valence-corrected chi connectivity index (χ0v) is 8.55. The zero-order chi connectivity index (χ0) is 11.6. The van der Waals surface area contributed by atoms with Crippen molar-refractivity contribution in [2.45, 2.75) is 19.2 Å². The molecule has 0 amide bonds. The van der Waals surface area contributed by atoms with E-state index in [1.165, 1.54) is 13.0 Å². The van der Waals surface area contributed by atoms with Gasteiger partial charge in [0.05, 0.1) is 0 Å². The molecule has 6 heteroatoms. The third-order valence-electron chi connectivity index (χ3n) is 1.88. The van der Waals surface area contributed by atoms with Gasteiger partial charge in [-0.15, -0.1) is 11.6 Å². The number of hydrogen-bond acceptors (Lipinski definition) is 2. The van der Waals surface area contributed by atoms with E-state index in [4.69, 9.17) is 16.7 Å². The van der Waals surface area contributed by atoms with Crippen LogP contribution in [-0.4, -0.2) is 16.1 Å². The first-order valence-corrected chi connectivity index (χ1v) is 4.58. The van der Waals surface area contributed by atoms with E-state index >= 15 is 0 Å². The number of carboxylic acid groups (broad SMARTS) is 1. The van der Waals surface area contributed by atoms with Crippen LogP contribution in [0.5, 0.6) is 0 Å². The van der Waals surface area contributed by atoms with Crippen molar-refractivity contribution in [1.82, 2.24) is 4.98 Å². The Balaban J connectivity index is 3.37. The van der Waals surface area contributed by atoms with Gasteiger partial charge in [-0.2, -0.15) is 0 Å². The number of aromatic carboxylic acids is 1. The van der Waals surface area contributed by atoms with Crippen LogP contribution in [-0.2, 0) is 5.88 Å². The van der Waals surface area contributed by atoms with Gasteiger partial charge in [-0.3, -0.25) is 0 Å². The molecule has 0 aromatic carbocycles. The third-order valence-corrected chi connectivity index (χ3v) is 2.17. The maximum atomic E-state index is 12.4. The molecule has 0 radical (unpaired) electrons. The van der Waals surface area contributed by atoms with Crippen LogP contribution in [0.25, 0.3) is 0 Å². The lowest BCUT2D eigenvalue weighted by Crippen LogP contribution is -2.09. The minimum Gasteiger partial charge on any atom is -0.477 e. The number of carbonyl (C=O) groups is 1. The minimum absolute atomic E-state index is 0.0704. The number of halogens is 3. The van der Waals surface area contributed by atoms with E-state index in [0.717, 1.165) is 0 Å². The van der Waals surface area contributed by atoms with Gasteiger partial charge in [0.25, 0.3) is 6.43 Å². The molecule has 15 heavy (non-hydrogen) atoms. The third kappa shape index (κ3) is 2.41. The molecule has 1 aromatic heterocycles. The topological polar surface area (TPSA) is 50.2 Å². The Labute approximate surface area is 89.7 Å². The lowest BCUT2D eigenvalue weighted by Gasteiger charge is -2.08. The van der Waals surface area contributed by atoms with Gasteiger partial charge in [0.15, 0.2) is 5.69 Å². The van der Waals surface area contributed by atoms with Crippen LogP contribution in [0.3, 0.4) is 0 Å². The summed E-state index contributed by atoms with van der Waals surface area (Å²) >= 11 is 5.49. The van der Waals surface area contributed by atoms with Crippen LogP contribution in [0.4, 0.5) is 8.78 Å². The predicted molar refractivity (Wildman–Crippen MR) is 50.4 cm³/mol. The number of pyridine rings is 1. The summed E-state index contributed by atoms with van der Waals surface area (Å²) in [6, 6.07) is 1.32. The minimum atomic E-state index is -2.78. The summed E-state index contributed by atoms with van der Waals surface area (Å²) in [5, 5.41) is 8.73. The Kier molecular flexibility index (Phi) is 3.57. The number of hydrogen-bond donors (Lipinski definition) is 1. The molecular formula is C9H8ClF2NO2. The molecule has 1 N–H and O–H groups in total. The smallest absolute Gasteiger partial charge is 0.354 e. The highest BCUT2D eigenvalue weighted by molar-refractivity contribution is 6.17. The largest absolute Gasteiger partial charge is 0.477 e. The van der Waals surface area contributed by atoms with Crippen molar-refractivity contribution in [3.63, 3.8) is 0 Å². The SMILES string of the molecule is Cc1cc(CCl)c(C(=O)O)nc1C(F)F. The van der Waals surface area contributed by atoms with E-state index in [9.17, 15) is 13.6 Å². The fourth-order valence-corrected chi connectivity index (χ4v) is 1.40. The molecule has 1 aromatic rings. The highest BCUT2D eigenvalue weighted by Crippen LogP contribution is 2.23. The van der Waals surface area contributed by atoms with Crippen molar-refractivity contribution in [2.24, 2.45) is 0 Å². The quantitative estimate of drug-likeness (QED) is 0.820. The van der Waals surface area contributed by atoms with E-state index in [1.807, 2.05) is 0 Å². The van der Waals surface area contributed by atoms with Gasteiger partial charge >= 0.3 is 5.97 Å². The molecule has 0 saturated carbocycles. The van der Waals surface area contributed by atoms with Gasteiger partial charge in [0.2, 0.25) is 0 Å². The van der Waals surface area contributed by atoms with E-state index < -0.39 is 23.8 Å². The Morgan fingerprint density at radius 1 is 1.67 bits per heavy atom. The van der Waals surface area contributed by atoms with Crippen molar-refractivity contribution < 1.29 is 18.7 Å². The molecule has 1 rings (SSSR count). The van der Waals surface area contributed by atoms with Crippen LogP contribution in [0.2, 0.25) is 0 Å². The van der Waals surface area contributed by atoms with Gasteiger partial charge in [0, 0.05) is 11.4 Å². The van der Waals surface area contributed by atoms with Crippen molar-refractivity contribution >= 4 is 17.6 Å². The first kappa shape index (κ1) is 11.8. The molecule has 0 saturated heterocycles. The molecule has 0 aliphatic heterocycles. The summed E-state index contributed by atoms with van der Waals surface area (Å²) in [6.07, 6.45) is -2.78. The summed E-state index contributed by atoms with van der Waals surface area (Å²) in [5.74, 6) is -1.42. The van der Waals surface area contributed by atoms with E-state index in [0.29, 0.717) is 0 Å². The predicted octanol–water partition coefficient (Wildman–Crippen LogP) is 2.76. The second kappa shape index (κ2) is 4.53. The summed E-state index contributed by atoms with van der Waals surface area (Å²) in [6.45, 7) is 1.44. The van der Waals surface area contributed by atoms with Crippen LogP contribution in [0.15, 0.2) is 6.07 Å². The lowest BCUT2D eigenvalue weighted by atomic mass is 10.1. The second-order valence-corrected chi connectivity index (χ2v) is 3.20. The van der Waals surface area contributed by atoms with Crippen molar-refractivity contribution in [2.75, 3.05) is 0 Å². The first-order chi connectivity index (χ1) is 6.97. The van der Waals surface area contributed by atoms with Crippen LogP contribution < -0.4 is 0 Å². The number of aromatic nitrogens is 1. The molecule has 0 aliphatic rings. The normalized spacial score (nSPS) is 10.7. The molecule has 0 fully saturated rings. The molecular weight excluding hydrogens is 228 g/mol. The maximum Gasteiger partial charge on any atom is 0.354 e. The summed E-state index contributed by atoms with van der Waals surface area (Å²) in [5.41, 5.74) is -0.441. The standard InChI is InChI=1S/C9H8ClF2NO2/c1-4-2-5(3-10)7(9(14)15)13-6(4)8(11)12/h2,8H,3H2,1H3,(H,14,15). The monoisotopic (exact) mass is 235 g/mol. The van der Waals surface area contributed by atoms with E-state index in [-0.39, 0.29) is 17.0 Å². The molecule has 1 heterocycles. The van der Waals surface area contributed by atoms with Gasteiger partial charge in [-0.25, -0.2) is 18.6 Å². The molecule has 0 unspecified atom stereocenters. The molecule has 3 nitrogen and oxygen atoms in total. The average molecular weight is 236 g/mol. The number of carboxylic acids is 1. The molecule has 82 valence electrons. The number of alkyl halides is 3. The Bertz CT molecular complexity index is 396. The Hall–Kier alpha value is -1.23. The van der Waals surface area contributed by atoms with Gasteiger partial charge in [0.1, 0.15) is 5.69 Å². The molecule has 0 spiro atoms. The summed E-state index contributed by atoms with van der Waals surface area (Å²) in [4.78, 5) is 14.1.